The number of hydrogen-bond donors (Lipinski definition) is 2. The quantitative estimate of drug-likeness (QED) is 0.602. The number of nitrogens with zero attached hydrogens (tertiary/aromatic N) is 1. The van der Waals surface area contributed by atoms with Crippen LogP contribution in [-0.4, -0.2) is 29.1 Å². The molecular formula is C10H11F3N2O3. The van der Waals surface area contributed by atoms with Crippen LogP contribution in [-0.2, 0) is 6.54 Å². The minimum absolute atomic E-state index is 0.0265. The van der Waals surface area contributed by atoms with Crippen molar-refractivity contribution < 1.29 is 23.2 Å². The van der Waals surface area contributed by atoms with Crippen LogP contribution >= 0.6 is 0 Å². The van der Waals surface area contributed by atoms with E-state index in [4.69, 9.17) is 5.11 Å². The van der Waals surface area contributed by atoms with E-state index in [1.54, 1.807) is 0 Å². The Balaban J connectivity index is 2.54. The summed E-state index contributed by atoms with van der Waals surface area (Å²) in [7, 11) is 0. The Bertz CT molecular complexity index is 429. The zero-order chi connectivity index (χ0) is 13.7. The minimum Gasteiger partial charge on any atom is -0.386 e. The van der Waals surface area contributed by atoms with Crippen LogP contribution in [0.5, 0.6) is 0 Å². The number of nitro benzene ring substituents is 1. The molecule has 8 heteroatoms. The molecule has 0 aliphatic carbocycles. The molecule has 0 aromatic heterocycles. The fraction of sp³-hybridized carbons (Fsp3) is 0.400. The highest BCUT2D eigenvalue weighted by atomic mass is 19.3. The van der Waals surface area contributed by atoms with Crippen LogP contribution in [0.25, 0.3) is 0 Å². The first-order valence-electron chi connectivity index (χ1n) is 5.01. The standard InChI is InChI=1S/C10H11F3N2O3/c11-7-3-6(1-2-8(7)15(17)18)4-14-5-9(16)10(12)13/h1-3,9-10,14,16H,4-5H2. The van der Waals surface area contributed by atoms with Crippen LogP contribution < -0.4 is 5.32 Å². The third-order valence-electron chi connectivity index (χ3n) is 2.18. The van der Waals surface area contributed by atoms with E-state index in [2.05, 4.69) is 5.32 Å². The second-order valence-electron chi connectivity index (χ2n) is 3.58. The monoisotopic (exact) mass is 264 g/mol. The number of alkyl halides is 2. The van der Waals surface area contributed by atoms with Crippen molar-refractivity contribution >= 4 is 5.69 Å². The van der Waals surface area contributed by atoms with Crippen molar-refractivity contribution in [2.24, 2.45) is 0 Å². The predicted molar refractivity (Wildman–Crippen MR) is 56.8 cm³/mol. The summed E-state index contributed by atoms with van der Waals surface area (Å²) in [4.78, 5) is 9.49. The Hall–Kier alpha value is -1.67. The van der Waals surface area contributed by atoms with E-state index in [0.717, 1.165) is 12.1 Å². The fourth-order valence-corrected chi connectivity index (χ4v) is 1.26. The molecular weight excluding hydrogens is 253 g/mol. The molecule has 1 aromatic carbocycles. The third kappa shape index (κ3) is 3.97. The van der Waals surface area contributed by atoms with Crippen molar-refractivity contribution in [2.75, 3.05) is 6.54 Å². The first-order chi connectivity index (χ1) is 8.41. The van der Waals surface area contributed by atoms with Crippen molar-refractivity contribution in [3.05, 3.63) is 39.7 Å². The minimum atomic E-state index is -2.86. The number of nitro groups is 1. The molecule has 1 rings (SSSR count). The van der Waals surface area contributed by atoms with E-state index in [-0.39, 0.29) is 13.1 Å². The molecule has 18 heavy (non-hydrogen) atoms. The first-order valence-corrected chi connectivity index (χ1v) is 5.01. The molecule has 100 valence electrons. The molecule has 0 radical (unpaired) electrons. The summed E-state index contributed by atoms with van der Waals surface area (Å²) in [5, 5.41) is 21.6. The van der Waals surface area contributed by atoms with Crippen LogP contribution in [0.3, 0.4) is 0 Å². The predicted octanol–water partition coefficient (Wildman–Crippen LogP) is 1.45. The molecule has 0 aliphatic heterocycles. The van der Waals surface area contributed by atoms with Gasteiger partial charge in [-0.3, -0.25) is 10.1 Å². The first kappa shape index (κ1) is 14.4. The van der Waals surface area contributed by atoms with E-state index in [9.17, 15) is 23.3 Å². The van der Waals surface area contributed by atoms with Crippen LogP contribution in [0.1, 0.15) is 5.56 Å². The molecule has 0 aliphatic rings. The van der Waals surface area contributed by atoms with Gasteiger partial charge in [-0.05, 0) is 11.6 Å². The summed E-state index contributed by atoms with van der Waals surface area (Å²) in [5.41, 5.74) is -0.286. The lowest BCUT2D eigenvalue weighted by atomic mass is 10.2. The second-order valence-corrected chi connectivity index (χ2v) is 3.58. The highest BCUT2D eigenvalue weighted by Gasteiger charge is 2.16. The molecule has 1 unspecified atom stereocenters. The highest BCUT2D eigenvalue weighted by molar-refractivity contribution is 5.34. The van der Waals surface area contributed by atoms with Gasteiger partial charge in [0.15, 0.2) is 0 Å². The average molecular weight is 264 g/mol. The van der Waals surface area contributed by atoms with Crippen molar-refractivity contribution in [3.63, 3.8) is 0 Å². The molecule has 0 fully saturated rings. The summed E-state index contributed by atoms with van der Waals surface area (Å²) in [5.74, 6) is -0.992. The maximum absolute atomic E-state index is 13.2. The van der Waals surface area contributed by atoms with Crippen molar-refractivity contribution in [3.8, 4) is 0 Å². The number of halogens is 3. The Morgan fingerprint density at radius 3 is 2.61 bits per heavy atom. The topological polar surface area (TPSA) is 75.4 Å². The van der Waals surface area contributed by atoms with E-state index in [0.29, 0.717) is 5.56 Å². The normalized spacial score (nSPS) is 12.7. The zero-order valence-electron chi connectivity index (χ0n) is 9.15. The molecule has 1 atom stereocenters. The van der Waals surface area contributed by atoms with Gasteiger partial charge in [0.05, 0.1) is 4.92 Å². The summed E-state index contributed by atoms with van der Waals surface area (Å²) in [6.07, 6.45) is -4.65. The number of benzene rings is 1. The number of hydrogen-bond acceptors (Lipinski definition) is 4. The molecule has 0 spiro atoms. The molecule has 0 bridgehead atoms. The lowest BCUT2D eigenvalue weighted by Crippen LogP contribution is -2.31. The zero-order valence-corrected chi connectivity index (χ0v) is 9.15. The molecule has 2 N–H and O–H groups in total. The van der Waals surface area contributed by atoms with Gasteiger partial charge >= 0.3 is 5.69 Å². The van der Waals surface area contributed by atoms with Gasteiger partial charge in [0.25, 0.3) is 6.43 Å². The Morgan fingerprint density at radius 1 is 1.44 bits per heavy atom. The molecule has 0 saturated carbocycles. The number of nitrogens with one attached hydrogen (secondary N) is 1. The number of aliphatic hydroxyl groups is 1. The molecule has 0 heterocycles. The largest absolute Gasteiger partial charge is 0.386 e. The Kier molecular flexibility index (Phi) is 5.05. The molecule has 5 nitrogen and oxygen atoms in total. The van der Waals surface area contributed by atoms with Gasteiger partial charge in [-0.15, -0.1) is 0 Å². The molecule has 0 amide bonds. The average Bonchev–Trinajstić information content (AvgIpc) is 2.28. The van der Waals surface area contributed by atoms with E-state index in [1.807, 2.05) is 0 Å². The van der Waals surface area contributed by atoms with Crippen LogP contribution in [0.4, 0.5) is 18.9 Å². The summed E-state index contributed by atoms with van der Waals surface area (Å²) >= 11 is 0. The Labute approximate surface area is 100 Å². The van der Waals surface area contributed by atoms with Crippen LogP contribution in [0, 0.1) is 15.9 Å². The van der Waals surface area contributed by atoms with Crippen molar-refractivity contribution in [1.82, 2.24) is 5.32 Å². The Morgan fingerprint density at radius 2 is 2.11 bits per heavy atom. The van der Waals surface area contributed by atoms with E-state index < -0.39 is 29.0 Å². The number of rotatable bonds is 6. The molecule has 0 saturated heterocycles. The lowest BCUT2D eigenvalue weighted by molar-refractivity contribution is -0.387. The SMILES string of the molecule is O=[N+]([O-])c1ccc(CNCC(O)C(F)F)cc1F. The number of aliphatic hydroxyl groups excluding tert-OH is 1. The van der Waals surface area contributed by atoms with Gasteiger partial charge in [-0.25, -0.2) is 8.78 Å². The van der Waals surface area contributed by atoms with E-state index in [1.165, 1.54) is 6.07 Å². The lowest BCUT2D eigenvalue weighted by Gasteiger charge is -2.10. The van der Waals surface area contributed by atoms with Crippen LogP contribution in [0.15, 0.2) is 18.2 Å². The van der Waals surface area contributed by atoms with Gasteiger partial charge < -0.3 is 10.4 Å². The maximum atomic E-state index is 13.2. The maximum Gasteiger partial charge on any atom is 0.304 e. The summed E-state index contributed by atoms with van der Waals surface area (Å²) in [6, 6.07) is 3.25. The highest BCUT2D eigenvalue weighted by Crippen LogP contribution is 2.17. The second kappa shape index (κ2) is 6.31. The van der Waals surface area contributed by atoms with Gasteiger partial charge in [0.1, 0.15) is 6.10 Å². The van der Waals surface area contributed by atoms with Gasteiger partial charge in [0, 0.05) is 19.2 Å². The van der Waals surface area contributed by atoms with Gasteiger partial charge in [0.2, 0.25) is 5.82 Å². The summed E-state index contributed by atoms with van der Waals surface area (Å²) < 4.78 is 37.0. The third-order valence-corrected chi connectivity index (χ3v) is 2.18. The molecule has 1 aromatic rings. The van der Waals surface area contributed by atoms with Gasteiger partial charge in [-0.2, -0.15) is 4.39 Å². The van der Waals surface area contributed by atoms with Gasteiger partial charge in [-0.1, -0.05) is 6.07 Å². The smallest absolute Gasteiger partial charge is 0.304 e. The van der Waals surface area contributed by atoms with Crippen LogP contribution in [0.2, 0.25) is 0 Å². The fourth-order valence-electron chi connectivity index (χ4n) is 1.26. The van der Waals surface area contributed by atoms with Crippen molar-refractivity contribution in [1.29, 1.82) is 0 Å². The van der Waals surface area contributed by atoms with E-state index >= 15 is 0 Å². The van der Waals surface area contributed by atoms with Crippen molar-refractivity contribution in [2.45, 2.75) is 19.1 Å². The summed E-state index contributed by atoms with van der Waals surface area (Å²) in [6.45, 7) is -0.324.